The zero-order valence-corrected chi connectivity index (χ0v) is 9.63. The van der Waals surface area contributed by atoms with Gasteiger partial charge in [0.1, 0.15) is 23.3 Å². The third kappa shape index (κ3) is 2.55. The van der Waals surface area contributed by atoms with Crippen molar-refractivity contribution in [2.75, 3.05) is 5.32 Å². The first-order chi connectivity index (χ1) is 6.52. The molecule has 0 aromatic carbocycles. The van der Waals surface area contributed by atoms with E-state index in [0.29, 0.717) is 10.3 Å². The van der Waals surface area contributed by atoms with E-state index in [-0.39, 0.29) is 5.15 Å². The van der Waals surface area contributed by atoms with Crippen LogP contribution in [0.25, 0.3) is 0 Å². The Kier molecular flexibility index (Phi) is 3.65. The number of primary amides is 1. The Morgan fingerprint density at radius 3 is 2.93 bits per heavy atom. The smallest absolute Gasteiger partial charge is 0.239 e. The van der Waals surface area contributed by atoms with Crippen LogP contribution >= 0.6 is 27.5 Å². The number of halogens is 2. The standard InChI is InChI=1S/C7H8BrClN4O/c1-3(6(10)14)13-7-4(8)5(9)11-2-12-7/h2-3H,1H3,(H2,10,14)(H,11,12,13). The van der Waals surface area contributed by atoms with Crippen LogP contribution in [0.4, 0.5) is 5.82 Å². The molecule has 5 nitrogen and oxygen atoms in total. The van der Waals surface area contributed by atoms with Crippen molar-refractivity contribution >= 4 is 39.3 Å². The van der Waals surface area contributed by atoms with E-state index in [2.05, 4.69) is 31.2 Å². The number of amides is 1. The number of carbonyl (C=O) groups excluding carboxylic acids is 1. The normalized spacial score (nSPS) is 12.2. The number of aromatic nitrogens is 2. The molecule has 14 heavy (non-hydrogen) atoms. The number of anilines is 1. The largest absolute Gasteiger partial charge is 0.368 e. The molecule has 0 bridgehead atoms. The molecule has 1 amide bonds. The summed E-state index contributed by atoms with van der Waals surface area (Å²) in [7, 11) is 0. The minimum absolute atomic E-state index is 0.277. The van der Waals surface area contributed by atoms with Crippen LogP contribution in [-0.2, 0) is 4.79 Å². The van der Waals surface area contributed by atoms with Crippen molar-refractivity contribution in [3.05, 3.63) is 16.0 Å². The molecule has 0 fully saturated rings. The number of nitrogens with one attached hydrogen (secondary N) is 1. The van der Waals surface area contributed by atoms with Crippen molar-refractivity contribution in [3.8, 4) is 0 Å². The van der Waals surface area contributed by atoms with Crippen molar-refractivity contribution in [2.24, 2.45) is 5.73 Å². The number of carbonyl (C=O) groups is 1. The highest BCUT2D eigenvalue weighted by Gasteiger charge is 2.12. The van der Waals surface area contributed by atoms with Gasteiger partial charge < -0.3 is 11.1 Å². The van der Waals surface area contributed by atoms with Crippen LogP contribution in [-0.4, -0.2) is 21.9 Å². The topological polar surface area (TPSA) is 80.9 Å². The first kappa shape index (κ1) is 11.2. The lowest BCUT2D eigenvalue weighted by Gasteiger charge is -2.11. The Hall–Kier alpha value is -0.880. The Morgan fingerprint density at radius 2 is 2.36 bits per heavy atom. The van der Waals surface area contributed by atoms with E-state index < -0.39 is 11.9 Å². The highest BCUT2D eigenvalue weighted by atomic mass is 79.9. The summed E-state index contributed by atoms with van der Waals surface area (Å²) in [5.41, 5.74) is 5.08. The van der Waals surface area contributed by atoms with E-state index in [0.717, 1.165) is 0 Å². The molecule has 1 aromatic heterocycles. The second-order valence-corrected chi connectivity index (χ2v) is 3.75. The van der Waals surface area contributed by atoms with Gasteiger partial charge in [0.15, 0.2) is 0 Å². The SMILES string of the molecule is CC(Nc1ncnc(Cl)c1Br)C(N)=O. The van der Waals surface area contributed by atoms with Crippen LogP contribution in [0.3, 0.4) is 0 Å². The Morgan fingerprint density at radius 1 is 1.71 bits per heavy atom. The molecule has 1 atom stereocenters. The number of hydrogen-bond donors (Lipinski definition) is 2. The predicted octanol–water partition coefficient (Wildman–Crippen LogP) is 1.18. The van der Waals surface area contributed by atoms with E-state index in [9.17, 15) is 4.79 Å². The first-order valence-corrected chi connectivity index (χ1v) is 4.91. The maximum absolute atomic E-state index is 10.8. The van der Waals surface area contributed by atoms with Gasteiger partial charge in [-0.2, -0.15) is 0 Å². The quantitative estimate of drug-likeness (QED) is 0.814. The van der Waals surface area contributed by atoms with Gasteiger partial charge in [0.2, 0.25) is 5.91 Å². The van der Waals surface area contributed by atoms with Gasteiger partial charge in [-0.15, -0.1) is 0 Å². The fraction of sp³-hybridized carbons (Fsp3) is 0.286. The summed E-state index contributed by atoms with van der Waals surface area (Å²) in [6.07, 6.45) is 1.29. The minimum Gasteiger partial charge on any atom is -0.368 e. The molecule has 0 aliphatic rings. The van der Waals surface area contributed by atoms with E-state index in [1.807, 2.05) is 0 Å². The van der Waals surface area contributed by atoms with Crippen molar-refractivity contribution in [1.29, 1.82) is 0 Å². The van der Waals surface area contributed by atoms with Crippen molar-refractivity contribution in [3.63, 3.8) is 0 Å². The zero-order valence-electron chi connectivity index (χ0n) is 7.29. The second kappa shape index (κ2) is 4.56. The van der Waals surface area contributed by atoms with Crippen molar-refractivity contribution in [1.82, 2.24) is 9.97 Å². The summed E-state index contributed by atoms with van der Waals surface area (Å²) in [5.74, 6) is -0.0251. The highest BCUT2D eigenvalue weighted by molar-refractivity contribution is 9.10. The summed E-state index contributed by atoms with van der Waals surface area (Å²) in [4.78, 5) is 18.4. The molecule has 7 heteroatoms. The van der Waals surface area contributed by atoms with Crippen LogP contribution in [0.1, 0.15) is 6.92 Å². The molecular formula is C7H8BrClN4O. The third-order valence-electron chi connectivity index (χ3n) is 1.53. The molecule has 1 rings (SSSR count). The van der Waals surface area contributed by atoms with Gasteiger partial charge in [-0.1, -0.05) is 11.6 Å². The summed E-state index contributed by atoms with van der Waals surface area (Å²) in [6.45, 7) is 1.63. The number of rotatable bonds is 3. The van der Waals surface area contributed by atoms with Crippen LogP contribution in [0.15, 0.2) is 10.8 Å². The summed E-state index contributed by atoms with van der Waals surface area (Å²) in [5, 5.41) is 3.07. The molecule has 1 aromatic rings. The molecular weight excluding hydrogens is 271 g/mol. The van der Waals surface area contributed by atoms with Crippen LogP contribution < -0.4 is 11.1 Å². The van der Waals surface area contributed by atoms with Gasteiger partial charge in [-0.05, 0) is 22.9 Å². The molecule has 1 heterocycles. The maximum atomic E-state index is 10.8. The Bertz CT molecular complexity index is 360. The first-order valence-electron chi connectivity index (χ1n) is 3.74. The highest BCUT2D eigenvalue weighted by Crippen LogP contribution is 2.26. The lowest BCUT2D eigenvalue weighted by atomic mass is 10.3. The second-order valence-electron chi connectivity index (χ2n) is 2.60. The minimum atomic E-state index is -0.516. The van der Waals surface area contributed by atoms with E-state index in [1.165, 1.54) is 6.33 Å². The molecule has 0 aliphatic heterocycles. The van der Waals surface area contributed by atoms with E-state index in [1.54, 1.807) is 6.92 Å². The van der Waals surface area contributed by atoms with Crippen LogP contribution in [0, 0.1) is 0 Å². The Labute approximate surface area is 94.2 Å². The molecule has 0 saturated heterocycles. The van der Waals surface area contributed by atoms with Crippen LogP contribution in [0.2, 0.25) is 5.15 Å². The monoisotopic (exact) mass is 278 g/mol. The molecule has 0 aliphatic carbocycles. The summed E-state index contributed by atoms with van der Waals surface area (Å²) < 4.78 is 0.509. The van der Waals surface area contributed by atoms with E-state index >= 15 is 0 Å². The predicted molar refractivity (Wildman–Crippen MR) is 57.0 cm³/mol. The average molecular weight is 280 g/mol. The zero-order chi connectivity index (χ0) is 10.7. The maximum Gasteiger partial charge on any atom is 0.239 e. The molecule has 76 valence electrons. The van der Waals surface area contributed by atoms with Crippen LogP contribution in [0.5, 0.6) is 0 Å². The third-order valence-corrected chi connectivity index (χ3v) is 2.79. The molecule has 1 unspecified atom stereocenters. The van der Waals surface area contributed by atoms with Gasteiger partial charge in [0.05, 0.1) is 4.47 Å². The lowest BCUT2D eigenvalue weighted by molar-refractivity contribution is -0.118. The fourth-order valence-corrected chi connectivity index (χ4v) is 1.18. The van der Waals surface area contributed by atoms with Gasteiger partial charge >= 0.3 is 0 Å². The summed E-state index contributed by atoms with van der Waals surface area (Å²) >= 11 is 8.91. The van der Waals surface area contributed by atoms with Crippen molar-refractivity contribution in [2.45, 2.75) is 13.0 Å². The molecule has 0 radical (unpaired) electrons. The summed E-state index contributed by atoms with van der Waals surface area (Å²) in [6, 6.07) is -0.516. The van der Waals surface area contributed by atoms with Gasteiger partial charge in [0.25, 0.3) is 0 Å². The molecule has 0 saturated carbocycles. The lowest BCUT2D eigenvalue weighted by Crippen LogP contribution is -2.32. The van der Waals surface area contributed by atoms with Gasteiger partial charge in [0, 0.05) is 0 Å². The average Bonchev–Trinajstić information content (AvgIpc) is 2.12. The number of nitrogens with two attached hydrogens (primary N) is 1. The Balaban J connectivity index is 2.87. The van der Waals surface area contributed by atoms with E-state index in [4.69, 9.17) is 17.3 Å². The van der Waals surface area contributed by atoms with Crippen molar-refractivity contribution < 1.29 is 4.79 Å². The number of hydrogen-bond acceptors (Lipinski definition) is 4. The fourth-order valence-electron chi connectivity index (χ4n) is 0.725. The molecule has 0 spiro atoms. The molecule has 3 N–H and O–H groups in total. The van der Waals surface area contributed by atoms with Gasteiger partial charge in [-0.3, -0.25) is 4.79 Å². The van der Waals surface area contributed by atoms with Gasteiger partial charge in [-0.25, -0.2) is 9.97 Å². The number of nitrogens with zero attached hydrogens (tertiary/aromatic N) is 2.